The van der Waals surface area contributed by atoms with E-state index in [1.165, 1.54) is 11.1 Å². The second-order valence-electron chi connectivity index (χ2n) is 4.04. The third-order valence-electron chi connectivity index (χ3n) is 2.56. The highest BCUT2D eigenvalue weighted by Crippen LogP contribution is 2.06. The van der Waals surface area contributed by atoms with Gasteiger partial charge in [-0.1, -0.05) is 72.8 Å². The predicted molar refractivity (Wildman–Crippen MR) is 82.6 cm³/mol. The first-order valence-electron chi connectivity index (χ1n) is 6.31. The van der Waals surface area contributed by atoms with Gasteiger partial charge in [-0.2, -0.15) is 0 Å². The topological polar surface area (TPSA) is 15.8 Å². The molecule has 0 saturated carbocycles. The predicted octanol–water partition coefficient (Wildman–Crippen LogP) is 4.87. The SMILES string of the molecule is C(=Cc1ccccc1)c1ccccc1.c1cc[nH]c1. The van der Waals surface area contributed by atoms with Crippen molar-refractivity contribution in [3.63, 3.8) is 0 Å². The maximum atomic E-state index is 2.86. The highest BCUT2D eigenvalue weighted by atomic mass is 14.6. The van der Waals surface area contributed by atoms with Gasteiger partial charge in [-0.3, -0.25) is 0 Å². The molecule has 0 aliphatic rings. The van der Waals surface area contributed by atoms with E-state index in [-0.39, 0.29) is 0 Å². The van der Waals surface area contributed by atoms with Crippen molar-refractivity contribution >= 4 is 12.2 Å². The van der Waals surface area contributed by atoms with Gasteiger partial charge in [0.2, 0.25) is 0 Å². The molecule has 0 fully saturated rings. The Morgan fingerprint density at radius 1 is 0.526 bits per heavy atom. The van der Waals surface area contributed by atoms with E-state index in [2.05, 4.69) is 41.4 Å². The van der Waals surface area contributed by atoms with Gasteiger partial charge in [0.05, 0.1) is 0 Å². The molecule has 3 aromatic rings. The zero-order valence-electron chi connectivity index (χ0n) is 10.7. The molecule has 0 atom stereocenters. The molecule has 0 saturated heterocycles. The second kappa shape index (κ2) is 7.72. The van der Waals surface area contributed by atoms with Gasteiger partial charge in [-0.25, -0.2) is 0 Å². The van der Waals surface area contributed by atoms with Crippen molar-refractivity contribution in [2.45, 2.75) is 0 Å². The van der Waals surface area contributed by atoms with Crippen molar-refractivity contribution in [3.8, 4) is 0 Å². The molecule has 0 bridgehead atoms. The molecule has 0 amide bonds. The highest BCUT2D eigenvalue weighted by Gasteiger charge is 1.84. The molecule has 3 rings (SSSR count). The molecule has 0 aliphatic carbocycles. The van der Waals surface area contributed by atoms with Gasteiger partial charge in [0.25, 0.3) is 0 Å². The lowest BCUT2D eigenvalue weighted by atomic mass is 10.1. The summed E-state index contributed by atoms with van der Waals surface area (Å²) in [5.41, 5.74) is 2.47. The minimum absolute atomic E-state index is 1.23. The fourth-order valence-electron chi connectivity index (χ4n) is 1.60. The molecular formula is C18H17N. The van der Waals surface area contributed by atoms with E-state index in [1.54, 1.807) is 0 Å². The van der Waals surface area contributed by atoms with Crippen molar-refractivity contribution < 1.29 is 0 Å². The number of aromatic amines is 1. The van der Waals surface area contributed by atoms with Gasteiger partial charge in [0.15, 0.2) is 0 Å². The quantitative estimate of drug-likeness (QED) is 0.622. The third kappa shape index (κ3) is 5.09. The summed E-state index contributed by atoms with van der Waals surface area (Å²) in [5.74, 6) is 0. The van der Waals surface area contributed by atoms with Crippen LogP contribution < -0.4 is 0 Å². The lowest BCUT2D eigenvalue weighted by Crippen LogP contribution is -1.70. The monoisotopic (exact) mass is 247 g/mol. The van der Waals surface area contributed by atoms with E-state index < -0.39 is 0 Å². The Hall–Kier alpha value is -2.54. The molecule has 0 radical (unpaired) electrons. The summed E-state index contributed by atoms with van der Waals surface area (Å²) in [7, 11) is 0. The standard InChI is InChI=1S/C14H12.C4H5N/c1-3-7-13(8-4-1)11-12-14-9-5-2-6-10-14;1-2-4-5-3-1/h1-12H;1-5H. The average Bonchev–Trinajstić information content (AvgIpc) is 3.07. The largest absolute Gasteiger partial charge is 0.368 e. The van der Waals surface area contributed by atoms with Crippen LogP contribution in [0.15, 0.2) is 85.2 Å². The van der Waals surface area contributed by atoms with Crippen LogP contribution in [0, 0.1) is 0 Å². The smallest absolute Gasteiger partial charge is 0.000496 e. The van der Waals surface area contributed by atoms with Crippen molar-refractivity contribution in [2.24, 2.45) is 0 Å². The summed E-state index contributed by atoms with van der Waals surface area (Å²) >= 11 is 0. The van der Waals surface area contributed by atoms with E-state index in [1.807, 2.05) is 60.9 Å². The lowest BCUT2D eigenvalue weighted by Gasteiger charge is -1.92. The van der Waals surface area contributed by atoms with Crippen LogP contribution in [0.2, 0.25) is 0 Å². The number of hydrogen-bond donors (Lipinski definition) is 1. The molecule has 1 aromatic heterocycles. The third-order valence-corrected chi connectivity index (χ3v) is 2.56. The number of rotatable bonds is 2. The fourth-order valence-corrected chi connectivity index (χ4v) is 1.60. The molecule has 0 aliphatic heterocycles. The Morgan fingerprint density at radius 2 is 0.947 bits per heavy atom. The van der Waals surface area contributed by atoms with Gasteiger partial charge >= 0.3 is 0 Å². The molecular weight excluding hydrogens is 230 g/mol. The number of H-pyrrole nitrogens is 1. The van der Waals surface area contributed by atoms with E-state index in [0.717, 1.165) is 0 Å². The van der Waals surface area contributed by atoms with E-state index in [0.29, 0.717) is 0 Å². The Bertz CT molecular complexity index is 507. The van der Waals surface area contributed by atoms with Crippen LogP contribution in [-0.4, -0.2) is 4.98 Å². The number of nitrogens with one attached hydrogen (secondary N) is 1. The molecule has 0 spiro atoms. The van der Waals surface area contributed by atoms with Gasteiger partial charge in [-0.05, 0) is 23.3 Å². The summed E-state index contributed by atoms with van der Waals surface area (Å²) in [4.78, 5) is 2.86. The van der Waals surface area contributed by atoms with Crippen LogP contribution in [0.5, 0.6) is 0 Å². The van der Waals surface area contributed by atoms with Crippen molar-refractivity contribution in [1.29, 1.82) is 0 Å². The number of hydrogen-bond acceptors (Lipinski definition) is 0. The molecule has 1 nitrogen and oxygen atoms in total. The molecule has 2 aromatic carbocycles. The normalized spacial score (nSPS) is 9.89. The van der Waals surface area contributed by atoms with Gasteiger partial charge in [0.1, 0.15) is 0 Å². The second-order valence-corrected chi connectivity index (χ2v) is 4.04. The van der Waals surface area contributed by atoms with Crippen LogP contribution in [0.3, 0.4) is 0 Å². The fraction of sp³-hybridized carbons (Fsp3) is 0. The minimum Gasteiger partial charge on any atom is -0.368 e. The Labute approximate surface area is 114 Å². The minimum atomic E-state index is 1.23. The first-order chi connectivity index (χ1) is 9.45. The summed E-state index contributed by atoms with van der Waals surface area (Å²) < 4.78 is 0. The zero-order valence-corrected chi connectivity index (χ0v) is 10.7. The first kappa shape index (κ1) is 12.9. The van der Waals surface area contributed by atoms with Crippen LogP contribution >= 0.6 is 0 Å². The van der Waals surface area contributed by atoms with E-state index >= 15 is 0 Å². The first-order valence-corrected chi connectivity index (χ1v) is 6.31. The van der Waals surface area contributed by atoms with E-state index in [4.69, 9.17) is 0 Å². The maximum Gasteiger partial charge on any atom is 0.000496 e. The Kier molecular flexibility index (Phi) is 5.24. The van der Waals surface area contributed by atoms with Crippen molar-refractivity contribution in [3.05, 3.63) is 96.3 Å². The van der Waals surface area contributed by atoms with E-state index in [9.17, 15) is 0 Å². The summed E-state index contributed by atoms with van der Waals surface area (Å²) in [6.45, 7) is 0. The highest BCUT2D eigenvalue weighted by molar-refractivity contribution is 5.69. The molecule has 1 heteroatoms. The molecule has 94 valence electrons. The molecule has 19 heavy (non-hydrogen) atoms. The average molecular weight is 247 g/mol. The lowest BCUT2D eigenvalue weighted by molar-refractivity contribution is 1.42. The van der Waals surface area contributed by atoms with Crippen molar-refractivity contribution in [1.82, 2.24) is 4.98 Å². The number of benzene rings is 2. The van der Waals surface area contributed by atoms with Gasteiger partial charge < -0.3 is 4.98 Å². The maximum absolute atomic E-state index is 2.86. The van der Waals surface area contributed by atoms with Crippen LogP contribution in [-0.2, 0) is 0 Å². The summed E-state index contributed by atoms with van der Waals surface area (Å²) in [6.07, 6.45) is 7.99. The Balaban J connectivity index is 0.000000224. The Morgan fingerprint density at radius 3 is 1.26 bits per heavy atom. The summed E-state index contributed by atoms with van der Waals surface area (Å²) in [5, 5.41) is 0. The van der Waals surface area contributed by atoms with Crippen LogP contribution in [0.25, 0.3) is 12.2 Å². The summed E-state index contributed by atoms with van der Waals surface area (Å²) in [6, 6.07) is 24.5. The zero-order chi connectivity index (χ0) is 13.2. The van der Waals surface area contributed by atoms with Crippen LogP contribution in [0.1, 0.15) is 11.1 Å². The number of aromatic nitrogens is 1. The molecule has 1 N–H and O–H groups in total. The van der Waals surface area contributed by atoms with Crippen LogP contribution in [0.4, 0.5) is 0 Å². The molecule has 0 unspecified atom stereocenters. The van der Waals surface area contributed by atoms with Gasteiger partial charge in [-0.15, -0.1) is 0 Å². The molecule has 1 heterocycles. The van der Waals surface area contributed by atoms with Gasteiger partial charge in [0, 0.05) is 12.4 Å². The van der Waals surface area contributed by atoms with Crippen molar-refractivity contribution in [2.75, 3.05) is 0 Å².